The molecule has 1 saturated carbocycles. The van der Waals surface area contributed by atoms with Crippen LogP contribution in [0.1, 0.15) is 29.5 Å². The summed E-state index contributed by atoms with van der Waals surface area (Å²) in [5.41, 5.74) is 0.269. The molecule has 0 saturated heterocycles. The highest BCUT2D eigenvalue weighted by Gasteiger charge is 2.71. The molecule has 2 aromatic carbocycles. The zero-order valence-electron chi connectivity index (χ0n) is 20.2. The number of phenolic OH excluding ortho intramolecular Hbond substituents is 1. The SMILES string of the molecule is Cc1cccc([C@H]2C3=CCn4c(=O)n(-c5ccccc5)c(=O)n4[C@@H]3C[C@@]3(Cl)C(=O)C(Cl)=C(Cl)C(=O)[C@@]23Cl)c1O. The topological polar surface area (TPSA) is 103 Å². The molecule has 1 N–H and O–H groups in total. The van der Waals surface area contributed by atoms with Crippen molar-refractivity contribution in [1.82, 2.24) is 13.9 Å². The van der Waals surface area contributed by atoms with Crippen LogP contribution in [0, 0.1) is 6.92 Å². The number of ketones is 2. The van der Waals surface area contributed by atoms with E-state index in [2.05, 4.69) is 0 Å². The van der Waals surface area contributed by atoms with Gasteiger partial charge in [0.1, 0.15) is 25.6 Å². The van der Waals surface area contributed by atoms with Gasteiger partial charge in [-0.3, -0.25) is 9.59 Å². The number of Topliss-reactive ketones (excluding diaryl/α,β-unsaturated/α-hetero) is 2. The Bertz CT molecular complexity index is 1790. The third-order valence-corrected chi connectivity index (χ3v) is 10.1. The van der Waals surface area contributed by atoms with Gasteiger partial charge < -0.3 is 5.11 Å². The summed E-state index contributed by atoms with van der Waals surface area (Å²) in [5.74, 6) is -3.09. The predicted octanol–water partition coefficient (Wildman–Crippen LogP) is 4.28. The van der Waals surface area contributed by atoms with Gasteiger partial charge in [-0.2, -0.15) is 0 Å². The monoisotopic (exact) mass is 605 g/mol. The molecule has 0 bridgehead atoms. The summed E-state index contributed by atoms with van der Waals surface area (Å²) in [6.07, 6.45) is 1.34. The zero-order chi connectivity index (χ0) is 28.0. The van der Waals surface area contributed by atoms with Crippen molar-refractivity contribution in [1.29, 1.82) is 0 Å². The van der Waals surface area contributed by atoms with Gasteiger partial charge in [-0.05, 0) is 30.2 Å². The number of aryl methyl sites for hydroxylation is 1. The van der Waals surface area contributed by atoms with E-state index in [1.165, 1.54) is 9.36 Å². The van der Waals surface area contributed by atoms with Gasteiger partial charge in [0.15, 0.2) is 11.6 Å². The first-order chi connectivity index (χ1) is 18.4. The highest BCUT2D eigenvalue weighted by molar-refractivity contribution is 6.66. The summed E-state index contributed by atoms with van der Waals surface area (Å²) in [6.45, 7) is 1.64. The van der Waals surface area contributed by atoms with Crippen LogP contribution in [0.25, 0.3) is 5.69 Å². The lowest BCUT2D eigenvalue weighted by molar-refractivity contribution is -0.128. The fourth-order valence-electron chi connectivity index (χ4n) is 6.03. The first kappa shape index (κ1) is 26.2. The quantitative estimate of drug-likeness (QED) is 0.346. The Labute approximate surface area is 241 Å². The fraction of sp³-hybridized carbons (Fsp3) is 0.259. The van der Waals surface area contributed by atoms with Crippen LogP contribution in [-0.2, 0) is 16.1 Å². The Morgan fingerprint density at radius 2 is 1.56 bits per heavy atom. The summed E-state index contributed by atoms with van der Waals surface area (Å²) in [6, 6.07) is 12.3. The maximum atomic E-state index is 13.8. The molecule has 2 heterocycles. The van der Waals surface area contributed by atoms with Crippen molar-refractivity contribution in [2.45, 2.75) is 41.6 Å². The first-order valence-corrected chi connectivity index (χ1v) is 13.5. The number of hydrogen-bond acceptors (Lipinski definition) is 5. The van der Waals surface area contributed by atoms with Gasteiger partial charge in [-0.25, -0.2) is 23.5 Å². The lowest BCUT2D eigenvalue weighted by Gasteiger charge is -2.54. The van der Waals surface area contributed by atoms with Gasteiger partial charge >= 0.3 is 11.4 Å². The molecule has 200 valence electrons. The number of hydrogen-bond donors (Lipinski definition) is 1. The number of benzene rings is 2. The van der Waals surface area contributed by atoms with Crippen LogP contribution in [-0.4, -0.2) is 40.4 Å². The molecular formula is C27H19Cl4N3O5. The van der Waals surface area contributed by atoms with Gasteiger partial charge in [-0.1, -0.05) is 65.7 Å². The predicted molar refractivity (Wildman–Crippen MR) is 148 cm³/mol. The van der Waals surface area contributed by atoms with Gasteiger partial charge in [-0.15, -0.1) is 23.2 Å². The lowest BCUT2D eigenvalue weighted by atomic mass is 9.59. The Hall–Kier alpha value is -3.04. The van der Waals surface area contributed by atoms with E-state index in [4.69, 9.17) is 46.4 Å². The Morgan fingerprint density at radius 1 is 0.897 bits per heavy atom. The van der Waals surface area contributed by atoms with Crippen molar-refractivity contribution in [3.05, 3.63) is 102 Å². The minimum absolute atomic E-state index is 0.0302. The molecule has 2 aliphatic carbocycles. The first-order valence-electron chi connectivity index (χ1n) is 12.0. The van der Waals surface area contributed by atoms with Crippen LogP contribution in [0.3, 0.4) is 0 Å². The second-order valence-corrected chi connectivity index (χ2v) is 11.8. The molecule has 8 nitrogen and oxygen atoms in total. The van der Waals surface area contributed by atoms with Crippen LogP contribution in [0.2, 0.25) is 0 Å². The summed E-state index contributed by atoms with van der Waals surface area (Å²) in [5, 5.41) is 10.0. The fourth-order valence-corrected chi connectivity index (χ4v) is 7.54. The van der Waals surface area contributed by atoms with E-state index < -0.39 is 54.7 Å². The summed E-state index contributed by atoms with van der Waals surface area (Å²) in [7, 11) is 0. The van der Waals surface area contributed by atoms with E-state index in [-0.39, 0.29) is 24.3 Å². The smallest absolute Gasteiger partial charge is 0.352 e. The number of alkyl halides is 2. The molecule has 1 fully saturated rings. The number of nitrogens with zero attached hydrogens (tertiary/aromatic N) is 3. The third kappa shape index (κ3) is 3.26. The van der Waals surface area contributed by atoms with Crippen molar-refractivity contribution in [2.75, 3.05) is 0 Å². The van der Waals surface area contributed by atoms with E-state index >= 15 is 0 Å². The van der Waals surface area contributed by atoms with E-state index in [0.29, 0.717) is 16.8 Å². The number of aromatic nitrogens is 3. The highest BCUT2D eigenvalue weighted by Crippen LogP contribution is 2.64. The molecule has 3 aromatic rings. The van der Waals surface area contributed by atoms with Crippen molar-refractivity contribution >= 4 is 58.0 Å². The molecule has 1 aromatic heterocycles. The van der Waals surface area contributed by atoms with Crippen molar-refractivity contribution in [3.63, 3.8) is 0 Å². The lowest BCUT2D eigenvalue weighted by Crippen LogP contribution is -2.67. The number of carbonyl (C=O) groups excluding carboxylic acids is 2. The standard InChI is InChI=1S/C27H19Cl4N3O5/c1-13-6-5-9-16(21(13)35)18-15-10-11-32-24(38)33(14-7-3-2-4-8-14)25(39)34(32)17(15)12-26(30)22(36)19(28)20(29)23(37)27(18,26)31/h2-10,17-18,35H,11-12H2,1H3/t17-,18-,26-,27+/m1/s1. The van der Waals surface area contributed by atoms with Gasteiger partial charge in [0, 0.05) is 17.9 Å². The molecule has 39 heavy (non-hydrogen) atoms. The summed E-state index contributed by atoms with van der Waals surface area (Å²) >= 11 is 26.7. The van der Waals surface area contributed by atoms with Gasteiger partial charge in [0.05, 0.1) is 18.3 Å². The Morgan fingerprint density at radius 3 is 2.26 bits per heavy atom. The Kier molecular flexibility index (Phi) is 5.86. The molecule has 0 spiro atoms. The average molecular weight is 607 g/mol. The molecule has 1 aliphatic heterocycles. The second kappa shape index (κ2) is 8.73. The number of aromatic hydroxyl groups is 1. The molecule has 6 rings (SSSR count). The van der Waals surface area contributed by atoms with E-state index in [1.54, 1.807) is 61.5 Å². The number of phenols is 1. The molecule has 3 aliphatic rings. The number of carbonyl (C=O) groups is 2. The third-order valence-electron chi connectivity index (χ3n) is 7.90. The van der Waals surface area contributed by atoms with Crippen molar-refractivity contribution in [3.8, 4) is 11.4 Å². The molecule has 12 heteroatoms. The van der Waals surface area contributed by atoms with Crippen LogP contribution < -0.4 is 11.4 Å². The van der Waals surface area contributed by atoms with Gasteiger partial charge in [0.25, 0.3) is 0 Å². The van der Waals surface area contributed by atoms with Crippen LogP contribution >= 0.6 is 46.4 Å². The van der Waals surface area contributed by atoms with Crippen molar-refractivity contribution < 1.29 is 14.7 Å². The molecule has 0 radical (unpaired) electrons. The van der Waals surface area contributed by atoms with Gasteiger partial charge in [0.2, 0.25) is 0 Å². The number of allylic oxidation sites excluding steroid dienone is 4. The number of halogens is 4. The number of fused-ring (bicyclic) bond motifs is 4. The zero-order valence-corrected chi connectivity index (χ0v) is 23.2. The molecule has 0 unspecified atom stereocenters. The normalized spacial score (nSPS) is 28.1. The molecular weight excluding hydrogens is 588 g/mol. The molecule has 0 amide bonds. The van der Waals surface area contributed by atoms with Crippen LogP contribution in [0.15, 0.2) is 79.8 Å². The molecule has 4 atom stereocenters. The summed E-state index contributed by atoms with van der Waals surface area (Å²) < 4.78 is 3.51. The maximum absolute atomic E-state index is 13.8. The minimum Gasteiger partial charge on any atom is -0.507 e. The second-order valence-electron chi connectivity index (χ2n) is 9.83. The van der Waals surface area contributed by atoms with Crippen molar-refractivity contribution in [2.24, 2.45) is 0 Å². The van der Waals surface area contributed by atoms with E-state index in [0.717, 1.165) is 4.57 Å². The van der Waals surface area contributed by atoms with E-state index in [9.17, 15) is 24.3 Å². The average Bonchev–Trinajstić information content (AvgIpc) is 3.19. The highest BCUT2D eigenvalue weighted by atomic mass is 35.5. The number of para-hydroxylation sites is 2. The summed E-state index contributed by atoms with van der Waals surface area (Å²) in [4.78, 5) is 50.3. The number of rotatable bonds is 2. The van der Waals surface area contributed by atoms with Crippen LogP contribution in [0.5, 0.6) is 5.75 Å². The Balaban J connectivity index is 1.67. The maximum Gasteiger partial charge on any atom is 0.352 e. The van der Waals surface area contributed by atoms with Crippen LogP contribution in [0.4, 0.5) is 0 Å². The largest absolute Gasteiger partial charge is 0.507 e. The minimum atomic E-state index is -2.19. The van der Waals surface area contributed by atoms with E-state index in [1.807, 2.05) is 0 Å².